The van der Waals surface area contributed by atoms with Crippen molar-refractivity contribution in [2.24, 2.45) is 0 Å². The van der Waals surface area contributed by atoms with Gasteiger partial charge in [-0.05, 0) is 37.3 Å². The standard InChI is InChI=1S/C11H18N2O/c1-2-10(14)5-3-4-9-8-13-7-6-11(9)12/h6-8,10,14H,2-5H2,1H3,(H2,12,13). The molecule has 3 nitrogen and oxygen atoms in total. The molecule has 14 heavy (non-hydrogen) atoms. The van der Waals surface area contributed by atoms with Gasteiger partial charge in [-0.25, -0.2) is 0 Å². The fourth-order valence-electron chi connectivity index (χ4n) is 1.38. The molecule has 0 saturated carbocycles. The number of hydrogen-bond donors (Lipinski definition) is 2. The summed E-state index contributed by atoms with van der Waals surface area (Å²) in [6.07, 6.45) is 6.84. The number of aliphatic hydroxyl groups excluding tert-OH is 1. The number of pyridine rings is 1. The highest BCUT2D eigenvalue weighted by Gasteiger charge is 2.02. The van der Waals surface area contributed by atoms with Crippen LogP contribution >= 0.6 is 0 Å². The number of nitrogen functional groups attached to an aromatic ring is 1. The monoisotopic (exact) mass is 194 g/mol. The first kappa shape index (κ1) is 11.0. The molecule has 78 valence electrons. The van der Waals surface area contributed by atoms with Crippen LogP contribution in [0.4, 0.5) is 5.69 Å². The lowest BCUT2D eigenvalue weighted by Crippen LogP contribution is -2.05. The van der Waals surface area contributed by atoms with E-state index in [9.17, 15) is 5.11 Å². The van der Waals surface area contributed by atoms with Crippen molar-refractivity contribution in [3.8, 4) is 0 Å². The predicted octanol–water partition coefficient (Wildman–Crippen LogP) is 1.76. The van der Waals surface area contributed by atoms with Gasteiger partial charge in [0.05, 0.1) is 6.10 Å². The number of anilines is 1. The maximum Gasteiger partial charge on any atom is 0.0537 e. The average Bonchev–Trinajstić information content (AvgIpc) is 2.20. The van der Waals surface area contributed by atoms with E-state index in [1.54, 1.807) is 12.4 Å². The third-order valence-electron chi connectivity index (χ3n) is 2.40. The SMILES string of the molecule is CCC(O)CCCc1cnccc1N. The first-order valence-corrected chi connectivity index (χ1v) is 5.10. The third kappa shape index (κ3) is 3.34. The maximum atomic E-state index is 9.36. The van der Waals surface area contributed by atoms with E-state index in [0.29, 0.717) is 0 Å². The van der Waals surface area contributed by atoms with Gasteiger partial charge in [-0.3, -0.25) is 4.98 Å². The van der Waals surface area contributed by atoms with Gasteiger partial charge in [0.1, 0.15) is 0 Å². The second-order valence-corrected chi connectivity index (χ2v) is 3.53. The molecule has 1 aromatic heterocycles. The lowest BCUT2D eigenvalue weighted by molar-refractivity contribution is 0.158. The zero-order chi connectivity index (χ0) is 10.4. The molecule has 0 aliphatic heterocycles. The Morgan fingerprint density at radius 2 is 2.36 bits per heavy atom. The Morgan fingerprint density at radius 3 is 3.00 bits per heavy atom. The highest BCUT2D eigenvalue weighted by molar-refractivity contribution is 5.44. The first-order chi connectivity index (χ1) is 6.74. The Morgan fingerprint density at radius 1 is 1.57 bits per heavy atom. The molecule has 3 heteroatoms. The molecule has 0 amide bonds. The number of hydrogen-bond acceptors (Lipinski definition) is 3. The minimum atomic E-state index is -0.173. The summed E-state index contributed by atoms with van der Waals surface area (Å²) in [7, 11) is 0. The van der Waals surface area contributed by atoms with Crippen LogP contribution in [0, 0.1) is 0 Å². The van der Waals surface area contributed by atoms with Crippen LogP contribution in [0.2, 0.25) is 0 Å². The predicted molar refractivity (Wildman–Crippen MR) is 57.9 cm³/mol. The fraction of sp³-hybridized carbons (Fsp3) is 0.545. The van der Waals surface area contributed by atoms with Gasteiger partial charge in [0.25, 0.3) is 0 Å². The van der Waals surface area contributed by atoms with Crippen molar-refractivity contribution >= 4 is 5.69 Å². The summed E-state index contributed by atoms with van der Waals surface area (Å²) in [5.41, 5.74) is 7.64. The second-order valence-electron chi connectivity index (χ2n) is 3.53. The van der Waals surface area contributed by atoms with Crippen LogP contribution in [0.15, 0.2) is 18.5 Å². The largest absolute Gasteiger partial charge is 0.398 e. The quantitative estimate of drug-likeness (QED) is 0.750. The number of aryl methyl sites for hydroxylation is 1. The van der Waals surface area contributed by atoms with Gasteiger partial charge in [0.2, 0.25) is 0 Å². The number of aliphatic hydroxyl groups is 1. The van der Waals surface area contributed by atoms with E-state index in [4.69, 9.17) is 5.73 Å². The summed E-state index contributed by atoms with van der Waals surface area (Å²) in [5.74, 6) is 0. The van der Waals surface area contributed by atoms with Crippen molar-refractivity contribution in [1.82, 2.24) is 4.98 Å². The van der Waals surface area contributed by atoms with Gasteiger partial charge in [0.15, 0.2) is 0 Å². The minimum absolute atomic E-state index is 0.173. The molecule has 1 heterocycles. The summed E-state index contributed by atoms with van der Waals surface area (Å²) in [5, 5.41) is 9.36. The molecule has 0 radical (unpaired) electrons. The van der Waals surface area contributed by atoms with Gasteiger partial charge < -0.3 is 10.8 Å². The van der Waals surface area contributed by atoms with Crippen LogP contribution in [-0.4, -0.2) is 16.2 Å². The van der Waals surface area contributed by atoms with Crippen LogP contribution in [-0.2, 0) is 6.42 Å². The highest BCUT2D eigenvalue weighted by Crippen LogP contribution is 2.13. The Labute approximate surface area is 85.0 Å². The Hall–Kier alpha value is -1.09. The van der Waals surface area contributed by atoms with Crippen LogP contribution in [0.3, 0.4) is 0 Å². The third-order valence-corrected chi connectivity index (χ3v) is 2.40. The van der Waals surface area contributed by atoms with E-state index in [2.05, 4.69) is 4.98 Å². The topological polar surface area (TPSA) is 59.1 Å². The smallest absolute Gasteiger partial charge is 0.0537 e. The van der Waals surface area contributed by atoms with E-state index in [1.807, 2.05) is 13.0 Å². The van der Waals surface area contributed by atoms with Crippen molar-refractivity contribution in [2.75, 3.05) is 5.73 Å². The molecule has 0 fully saturated rings. The summed E-state index contributed by atoms with van der Waals surface area (Å²) in [4.78, 5) is 4.02. The molecular weight excluding hydrogens is 176 g/mol. The molecular formula is C11H18N2O. The fourth-order valence-corrected chi connectivity index (χ4v) is 1.38. The Balaban J connectivity index is 2.35. The molecule has 1 atom stereocenters. The molecule has 0 saturated heterocycles. The van der Waals surface area contributed by atoms with Gasteiger partial charge in [-0.2, -0.15) is 0 Å². The van der Waals surface area contributed by atoms with Crippen LogP contribution < -0.4 is 5.73 Å². The summed E-state index contributed by atoms with van der Waals surface area (Å²) in [6.45, 7) is 1.99. The second kappa shape index (κ2) is 5.60. The van der Waals surface area contributed by atoms with Gasteiger partial charge in [-0.1, -0.05) is 6.92 Å². The van der Waals surface area contributed by atoms with E-state index in [-0.39, 0.29) is 6.10 Å². The first-order valence-electron chi connectivity index (χ1n) is 5.10. The molecule has 0 aliphatic rings. The normalized spacial score (nSPS) is 12.7. The van der Waals surface area contributed by atoms with E-state index >= 15 is 0 Å². The number of rotatable bonds is 5. The van der Waals surface area contributed by atoms with E-state index < -0.39 is 0 Å². The lowest BCUT2D eigenvalue weighted by atomic mass is 10.1. The highest BCUT2D eigenvalue weighted by atomic mass is 16.3. The molecule has 1 rings (SSSR count). The van der Waals surface area contributed by atoms with Gasteiger partial charge in [-0.15, -0.1) is 0 Å². The summed E-state index contributed by atoms with van der Waals surface area (Å²) in [6, 6.07) is 1.81. The molecule has 0 bridgehead atoms. The summed E-state index contributed by atoms with van der Waals surface area (Å²) >= 11 is 0. The van der Waals surface area contributed by atoms with E-state index in [0.717, 1.165) is 36.9 Å². The number of nitrogens with zero attached hydrogens (tertiary/aromatic N) is 1. The lowest BCUT2D eigenvalue weighted by Gasteiger charge is -2.07. The summed E-state index contributed by atoms with van der Waals surface area (Å²) < 4.78 is 0. The molecule has 1 aromatic rings. The van der Waals surface area contributed by atoms with Gasteiger partial charge >= 0.3 is 0 Å². The van der Waals surface area contributed by atoms with Crippen LogP contribution in [0.1, 0.15) is 31.7 Å². The molecule has 0 aliphatic carbocycles. The zero-order valence-corrected chi connectivity index (χ0v) is 8.61. The minimum Gasteiger partial charge on any atom is -0.398 e. The molecule has 3 N–H and O–H groups in total. The van der Waals surface area contributed by atoms with Crippen LogP contribution in [0.25, 0.3) is 0 Å². The molecule has 1 unspecified atom stereocenters. The van der Waals surface area contributed by atoms with Gasteiger partial charge in [0, 0.05) is 18.1 Å². The van der Waals surface area contributed by atoms with Crippen molar-refractivity contribution in [1.29, 1.82) is 0 Å². The Bertz CT molecular complexity index is 276. The van der Waals surface area contributed by atoms with Crippen molar-refractivity contribution in [3.05, 3.63) is 24.0 Å². The van der Waals surface area contributed by atoms with Crippen molar-refractivity contribution in [3.63, 3.8) is 0 Å². The van der Waals surface area contributed by atoms with Crippen molar-refractivity contribution < 1.29 is 5.11 Å². The van der Waals surface area contributed by atoms with Crippen LogP contribution in [0.5, 0.6) is 0 Å². The Kier molecular flexibility index (Phi) is 4.40. The maximum absolute atomic E-state index is 9.36. The van der Waals surface area contributed by atoms with Crippen molar-refractivity contribution in [2.45, 2.75) is 38.7 Å². The average molecular weight is 194 g/mol. The number of aromatic nitrogens is 1. The number of nitrogens with two attached hydrogens (primary N) is 1. The molecule has 0 spiro atoms. The zero-order valence-electron chi connectivity index (χ0n) is 8.61. The van der Waals surface area contributed by atoms with E-state index in [1.165, 1.54) is 0 Å². The molecule has 0 aromatic carbocycles.